The van der Waals surface area contributed by atoms with Crippen LogP contribution in [0.25, 0.3) is 11.0 Å². The smallest absolute Gasteiger partial charge is 0.321 e. The SMILES string of the molecule is COCCNC(=O)NC(=O)COC(=O)Cc1coc2c(C)c(C)ccc12. The van der Waals surface area contributed by atoms with E-state index < -0.39 is 24.5 Å². The summed E-state index contributed by atoms with van der Waals surface area (Å²) in [5.41, 5.74) is 3.53. The van der Waals surface area contributed by atoms with Crippen LogP contribution in [-0.2, 0) is 25.5 Å². The third-order valence-electron chi connectivity index (χ3n) is 3.89. The summed E-state index contributed by atoms with van der Waals surface area (Å²) in [4.78, 5) is 34.9. The molecule has 3 amide bonds. The van der Waals surface area contributed by atoms with E-state index in [9.17, 15) is 14.4 Å². The zero-order valence-electron chi connectivity index (χ0n) is 15.0. The van der Waals surface area contributed by atoms with E-state index >= 15 is 0 Å². The number of methoxy groups -OCH3 is 1. The monoisotopic (exact) mass is 362 g/mol. The molecule has 1 aromatic heterocycles. The Bertz CT molecular complexity index is 811. The molecule has 2 N–H and O–H groups in total. The predicted octanol–water partition coefficient (Wildman–Crippen LogP) is 1.61. The Morgan fingerprint density at radius 3 is 2.69 bits per heavy atom. The van der Waals surface area contributed by atoms with Crippen LogP contribution >= 0.6 is 0 Å². The minimum absolute atomic E-state index is 0.0250. The maximum Gasteiger partial charge on any atom is 0.321 e. The van der Waals surface area contributed by atoms with Crippen LogP contribution in [0.2, 0.25) is 0 Å². The van der Waals surface area contributed by atoms with Crippen LogP contribution in [-0.4, -0.2) is 44.8 Å². The number of ether oxygens (including phenoxy) is 2. The minimum atomic E-state index is -0.711. The number of hydrogen-bond acceptors (Lipinski definition) is 6. The molecule has 0 bridgehead atoms. The Kier molecular flexibility index (Phi) is 6.74. The number of aryl methyl sites for hydroxylation is 2. The van der Waals surface area contributed by atoms with Gasteiger partial charge in [0, 0.05) is 24.6 Å². The van der Waals surface area contributed by atoms with Crippen molar-refractivity contribution in [3.05, 3.63) is 35.1 Å². The lowest BCUT2D eigenvalue weighted by Crippen LogP contribution is -2.42. The van der Waals surface area contributed by atoms with Crippen molar-refractivity contribution >= 4 is 28.9 Å². The maximum absolute atomic E-state index is 11.9. The van der Waals surface area contributed by atoms with Gasteiger partial charge in [-0.1, -0.05) is 12.1 Å². The van der Waals surface area contributed by atoms with Gasteiger partial charge in [0.1, 0.15) is 5.58 Å². The summed E-state index contributed by atoms with van der Waals surface area (Å²) in [5, 5.41) is 5.32. The molecule has 8 heteroatoms. The van der Waals surface area contributed by atoms with Gasteiger partial charge in [-0.3, -0.25) is 14.9 Å². The minimum Gasteiger partial charge on any atom is -0.464 e. The van der Waals surface area contributed by atoms with Gasteiger partial charge < -0.3 is 19.2 Å². The highest BCUT2D eigenvalue weighted by Gasteiger charge is 2.15. The molecule has 26 heavy (non-hydrogen) atoms. The first-order chi connectivity index (χ1) is 12.4. The van der Waals surface area contributed by atoms with Gasteiger partial charge in [0.15, 0.2) is 6.61 Å². The van der Waals surface area contributed by atoms with Crippen LogP contribution in [0.4, 0.5) is 4.79 Å². The molecule has 140 valence electrons. The van der Waals surface area contributed by atoms with E-state index in [-0.39, 0.29) is 13.0 Å². The Balaban J connectivity index is 1.83. The Morgan fingerprint density at radius 2 is 1.96 bits per heavy atom. The normalized spacial score (nSPS) is 10.6. The Hall–Kier alpha value is -2.87. The summed E-state index contributed by atoms with van der Waals surface area (Å²) in [6.07, 6.45) is 1.49. The summed E-state index contributed by atoms with van der Waals surface area (Å²) in [6, 6.07) is 3.17. The first-order valence-corrected chi connectivity index (χ1v) is 8.11. The van der Waals surface area contributed by atoms with E-state index in [1.807, 2.05) is 26.0 Å². The first kappa shape index (κ1) is 19.5. The van der Waals surface area contributed by atoms with Crippen molar-refractivity contribution in [1.82, 2.24) is 10.6 Å². The number of urea groups is 1. The molecular formula is C18H22N2O6. The predicted molar refractivity (Wildman–Crippen MR) is 93.8 cm³/mol. The molecule has 2 aromatic rings. The quantitative estimate of drug-likeness (QED) is 0.572. The number of esters is 1. The molecule has 2 rings (SSSR count). The molecule has 0 atom stereocenters. The molecule has 1 aromatic carbocycles. The molecule has 0 radical (unpaired) electrons. The molecule has 8 nitrogen and oxygen atoms in total. The van der Waals surface area contributed by atoms with Crippen molar-refractivity contribution in [2.75, 3.05) is 26.9 Å². The van der Waals surface area contributed by atoms with Crippen molar-refractivity contribution in [3.63, 3.8) is 0 Å². The van der Waals surface area contributed by atoms with E-state index in [1.165, 1.54) is 13.4 Å². The lowest BCUT2D eigenvalue weighted by Gasteiger charge is -2.07. The number of rotatable bonds is 7. The van der Waals surface area contributed by atoms with Gasteiger partial charge >= 0.3 is 12.0 Å². The summed E-state index contributed by atoms with van der Waals surface area (Å²) in [6.45, 7) is 3.99. The number of carbonyl (C=O) groups is 3. The molecule has 0 fully saturated rings. The number of carbonyl (C=O) groups excluding carboxylic acids is 3. The topological polar surface area (TPSA) is 107 Å². The number of amides is 3. The average Bonchev–Trinajstić information content (AvgIpc) is 3.00. The number of fused-ring (bicyclic) bond motifs is 1. The van der Waals surface area contributed by atoms with E-state index in [0.29, 0.717) is 12.2 Å². The molecule has 0 aliphatic carbocycles. The molecule has 0 saturated carbocycles. The second-order valence-corrected chi connectivity index (χ2v) is 5.78. The summed E-state index contributed by atoms with van der Waals surface area (Å²) in [5.74, 6) is -1.29. The van der Waals surface area contributed by atoms with Gasteiger partial charge in [-0.15, -0.1) is 0 Å². The van der Waals surface area contributed by atoms with Crippen LogP contribution in [0.1, 0.15) is 16.7 Å². The molecule has 0 aliphatic heterocycles. The molecule has 0 unspecified atom stereocenters. The molecular weight excluding hydrogens is 340 g/mol. The van der Waals surface area contributed by atoms with E-state index in [4.69, 9.17) is 13.9 Å². The van der Waals surface area contributed by atoms with Crippen molar-refractivity contribution in [1.29, 1.82) is 0 Å². The van der Waals surface area contributed by atoms with Crippen molar-refractivity contribution in [2.24, 2.45) is 0 Å². The highest BCUT2D eigenvalue weighted by molar-refractivity contribution is 5.95. The van der Waals surface area contributed by atoms with Crippen LogP contribution in [0, 0.1) is 13.8 Å². The Labute approximate surface area is 150 Å². The van der Waals surface area contributed by atoms with Gasteiger partial charge in [0.2, 0.25) is 0 Å². The van der Waals surface area contributed by atoms with Gasteiger partial charge in [0.25, 0.3) is 5.91 Å². The molecule has 0 spiro atoms. The van der Waals surface area contributed by atoms with Crippen molar-refractivity contribution < 1.29 is 28.3 Å². The van der Waals surface area contributed by atoms with Crippen molar-refractivity contribution in [2.45, 2.75) is 20.3 Å². The molecule has 0 aliphatic rings. The fraction of sp³-hybridized carbons (Fsp3) is 0.389. The fourth-order valence-corrected chi connectivity index (χ4v) is 2.35. The van der Waals surface area contributed by atoms with E-state index in [2.05, 4.69) is 10.6 Å². The summed E-state index contributed by atoms with van der Waals surface area (Å²) < 4.78 is 15.2. The van der Waals surface area contributed by atoms with Crippen LogP contribution in [0.5, 0.6) is 0 Å². The van der Waals surface area contributed by atoms with Gasteiger partial charge in [-0.05, 0) is 25.0 Å². The highest BCUT2D eigenvalue weighted by atomic mass is 16.5. The van der Waals surface area contributed by atoms with Gasteiger partial charge in [0.05, 0.1) is 19.3 Å². The third-order valence-corrected chi connectivity index (χ3v) is 3.89. The van der Waals surface area contributed by atoms with Crippen molar-refractivity contribution in [3.8, 4) is 0 Å². The number of imide groups is 1. The van der Waals surface area contributed by atoms with Crippen LogP contribution < -0.4 is 10.6 Å². The largest absolute Gasteiger partial charge is 0.464 e. The fourth-order valence-electron chi connectivity index (χ4n) is 2.35. The number of benzene rings is 1. The molecule has 0 saturated heterocycles. The number of nitrogens with one attached hydrogen (secondary N) is 2. The molecule has 1 heterocycles. The van der Waals surface area contributed by atoms with Gasteiger partial charge in [-0.2, -0.15) is 0 Å². The second kappa shape index (κ2) is 9.00. The lowest BCUT2D eigenvalue weighted by molar-refractivity contribution is -0.147. The average molecular weight is 362 g/mol. The van der Waals surface area contributed by atoms with Crippen LogP contribution in [0.15, 0.2) is 22.8 Å². The van der Waals surface area contributed by atoms with E-state index in [1.54, 1.807) is 0 Å². The standard InChI is InChI=1S/C18H22N2O6/c1-11-4-5-14-13(9-26-17(14)12(11)2)8-16(22)25-10-15(21)20-18(23)19-6-7-24-3/h4-5,9H,6-8,10H2,1-3H3,(H2,19,20,21,23). The zero-order chi connectivity index (χ0) is 19.1. The maximum atomic E-state index is 11.9. The lowest BCUT2D eigenvalue weighted by atomic mass is 10.0. The van der Waals surface area contributed by atoms with Crippen LogP contribution in [0.3, 0.4) is 0 Å². The third kappa shape index (κ3) is 5.06. The Morgan fingerprint density at radius 1 is 1.19 bits per heavy atom. The van der Waals surface area contributed by atoms with E-state index in [0.717, 1.165) is 22.1 Å². The highest BCUT2D eigenvalue weighted by Crippen LogP contribution is 2.26. The first-order valence-electron chi connectivity index (χ1n) is 8.11. The summed E-state index contributed by atoms with van der Waals surface area (Å²) >= 11 is 0. The number of hydrogen-bond donors (Lipinski definition) is 2. The second-order valence-electron chi connectivity index (χ2n) is 5.78. The number of furan rings is 1. The zero-order valence-corrected chi connectivity index (χ0v) is 15.0. The van der Waals surface area contributed by atoms with Gasteiger partial charge in [-0.25, -0.2) is 4.79 Å². The summed E-state index contributed by atoms with van der Waals surface area (Å²) in [7, 11) is 1.50.